The van der Waals surface area contributed by atoms with Gasteiger partial charge in [-0.1, -0.05) is 18.2 Å². The lowest BCUT2D eigenvalue weighted by atomic mass is 10.3. The second kappa shape index (κ2) is 8.65. The molecule has 0 bridgehead atoms. The summed E-state index contributed by atoms with van der Waals surface area (Å²) in [5.74, 6) is 3.05. The molecular formula is C19H20N4O2. The maximum Gasteiger partial charge on any atom is 0.135 e. The Morgan fingerprint density at radius 1 is 0.880 bits per heavy atom. The van der Waals surface area contributed by atoms with Gasteiger partial charge in [-0.05, 0) is 36.4 Å². The highest BCUT2D eigenvalue weighted by Crippen LogP contribution is 2.24. The summed E-state index contributed by atoms with van der Waals surface area (Å²) in [6, 6.07) is 19.2. The van der Waals surface area contributed by atoms with Gasteiger partial charge in [0, 0.05) is 25.4 Å². The highest BCUT2D eigenvalue weighted by Gasteiger charge is 2.01. The summed E-state index contributed by atoms with van der Waals surface area (Å²) in [6.45, 7) is 1.31. The highest BCUT2D eigenvalue weighted by atomic mass is 16.5. The Balaban J connectivity index is 1.60. The van der Waals surface area contributed by atoms with Gasteiger partial charge in [0.25, 0.3) is 0 Å². The van der Waals surface area contributed by atoms with E-state index in [-0.39, 0.29) is 0 Å². The van der Waals surface area contributed by atoms with E-state index in [4.69, 9.17) is 9.47 Å². The molecule has 128 valence electrons. The van der Waals surface area contributed by atoms with Crippen LogP contribution >= 0.6 is 0 Å². The van der Waals surface area contributed by atoms with Crippen LogP contribution in [-0.2, 0) is 4.74 Å². The number of benzene rings is 2. The molecule has 1 heterocycles. The Morgan fingerprint density at radius 2 is 1.60 bits per heavy atom. The summed E-state index contributed by atoms with van der Waals surface area (Å²) < 4.78 is 10.8. The maximum absolute atomic E-state index is 5.78. The van der Waals surface area contributed by atoms with Crippen molar-refractivity contribution in [1.82, 2.24) is 9.97 Å². The predicted octanol–water partition coefficient (Wildman–Crippen LogP) is 4.07. The molecule has 1 aromatic heterocycles. The molecule has 0 amide bonds. The van der Waals surface area contributed by atoms with Crippen molar-refractivity contribution in [2.45, 2.75) is 0 Å². The fourth-order valence-corrected chi connectivity index (χ4v) is 2.18. The number of methoxy groups -OCH3 is 1. The van der Waals surface area contributed by atoms with Crippen molar-refractivity contribution in [1.29, 1.82) is 0 Å². The van der Waals surface area contributed by atoms with E-state index < -0.39 is 0 Å². The third-order valence-corrected chi connectivity index (χ3v) is 3.39. The summed E-state index contributed by atoms with van der Waals surface area (Å²) in [4.78, 5) is 8.40. The lowest BCUT2D eigenvalue weighted by Gasteiger charge is -2.09. The largest absolute Gasteiger partial charge is 0.457 e. The number of nitrogens with zero attached hydrogens (tertiary/aromatic N) is 2. The molecule has 2 N–H and O–H groups in total. The topological polar surface area (TPSA) is 68.3 Å². The third-order valence-electron chi connectivity index (χ3n) is 3.39. The van der Waals surface area contributed by atoms with Crippen LogP contribution in [0, 0.1) is 0 Å². The summed E-state index contributed by atoms with van der Waals surface area (Å²) in [5.41, 5.74) is 0.918. The first-order valence-electron chi connectivity index (χ1n) is 7.98. The van der Waals surface area contributed by atoms with E-state index in [9.17, 15) is 0 Å². The lowest BCUT2D eigenvalue weighted by molar-refractivity contribution is 0.210. The van der Waals surface area contributed by atoms with Crippen molar-refractivity contribution in [2.75, 3.05) is 30.9 Å². The van der Waals surface area contributed by atoms with Crippen LogP contribution in [0.1, 0.15) is 0 Å². The van der Waals surface area contributed by atoms with E-state index in [2.05, 4.69) is 20.6 Å². The number of ether oxygens (including phenoxy) is 2. The van der Waals surface area contributed by atoms with Crippen molar-refractivity contribution in [3.05, 3.63) is 67.0 Å². The Labute approximate surface area is 146 Å². The van der Waals surface area contributed by atoms with Crippen molar-refractivity contribution < 1.29 is 9.47 Å². The van der Waals surface area contributed by atoms with Crippen molar-refractivity contribution >= 4 is 17.3 Å². The molecule has 6 nitrogen and oxygen atoms in total. The number of rotatable bonds is 8. The summed E-state index contributed by atoms with van der Waals surface area (Å²) in [5, 5.41) is 6.42. The normalized spacial score (nSPS) is 10.3. The minimum atomic E-state index is 0.621. The Hall–Kier alpha value is -3.12. The van der Waals surface area contributed by atoms with Crippen LogP contribution in [0.5, 0.6) is 11.5 Å². The van der Waals surface area contributed by atoms with E-state index in [0.29, 0.717) is 19.0 Å². The highest BCUT2D eigenvalue weighted by molar-refractivity contribution is 5.59. The van der Waals surface area contributed by atoms with Gasteiger partial charge in [0.05, 0.1) is 6.61 Å². The van der Waals surface area contributed by atoms with Crippen molar-refractivity contribution in [3.63, 3.8) is 0 Å². The smallest absolute Gasteiger partial charge is 0.135 e. The van der Waals surface area contributed by atoms with Gasteiger partial charge in [-0.2, -0.15) is 0 Å². The number of nitrogens with one attached hydrogen (secondary N) is 2. The molecule has 0 fully saturated rings. The molecule has 0 saturated carbocycles. The summed E-state index contributed by atoms with van der Waals surface area (Å²) >= 11 is 0. The molecule has 6 heteroatoms. The monoisotopic (exact) mass is 336 g/mol. The molecule has 25 heavy (non-hydrogen) atoms. The van der Waals surface area contributed by atoms with Crippen molar-refractivity contribution in [2.24, 2.45) is 0 Å². The van der Waals surface area contributed by atoms with Crippen LogP contribution in [0.4, 0.5) is 17.3 Å². The van der Waals surface area contributed by atoms with Crippen LogP contribution < -0.4 is 15.4 Å². The molecule has 0 radical (unpaired) electrons. The molecule has 0 aliphatic carbocycles. The van der Waals surface area contributed by atoms with Gasteiger partial charge in [-0.25, -0.2) is 9.97 Å². The number of hydrogen-bond donors (Lipinski definition) is 2. The van der Waals surface area contributed by atoms with Gasteiger partial charge in [0.1, 0.15) is 29.5 Å². The van der Waals surface area contributed by atoms with E-state index in [0.717, 1.165) is 23.0 Å². The Morgan fingerprint density at radius 3 is 2.36 bits per heavy atom. The summed E-state index contributed by atoms with van der Waals surface area (Å²) in [6.07, 6.45) is 1.52. The van der Waals surface area contributed by atoms with Gasteiger partial charge < -0.3 is 20.1 Å². The van der Waals surface area contributed by atoms with E-state index >= 15 is 0 Å². The van der Waals surface area contributed by atoms with E-state index in [1.54, 1.807) is 7.11 Å². The zero-order valence-electron chi connectivity index (χ0n) is 14.0. The second-order valence-electron chi connectivity index (χ2n) is 5.27. The van der Waals surface area contributed by atoms with Gasteiger partial charge in [0.15, 0.2) is 0 Å². The van der Waals surface area contributed by atoms with Crippen LogP contribution in [0.2, 0.25) is 0 Å². The van der Waals surface area contributed by atoms with Gasteiger partial charge in [-0.15, -0.1) is 0 Å². The van der Waals surface area contributed by atoms with Gasteiger partial charge in [-0.3, -0.25) is 0 Å². The number of anilines is 3. The second-order valence-corrected chi connectivity index (χ2v) is 5.27. The average molecular weight is 336 g/mol. The number of hydrogen-bond acceptors (Lipinski definition) is 6. The fourth-order valence-electron chi connectivity index (χ4n) is 2.18. The first kappa shape index (κ1) is 16.7. The van der Waals surface area contributed by atoms with Gasteiger partial charge in [0.2, 0.25) is 0 Å². The van der Waals surface area contributed by atoms with E-state index in [1.165, 1.54) is 6.33 Å². The average Bonchev–Trinajstić information content (AvgIpc) is 2.65. The SMILES string of the molecule is COCCNc1cc(Nc2ccc(Oc3ccccc3)cc2)ncn1. The maximum atomic E-state index is 5.78. The van der Waals surface area contributed by atoms with Crippen molar-refractivity contribution in [3.8, 4) is 11.5 Å². The molecule has 0 aliphatic rings. The first-order chi connectivity index (χ1) is 12.3. The minimum Gasteiger partial charge on any atom is -0.457 e. The molecule has 0 aliphatic heterocycles. The molecule has 0 saturated heterocycles. The number of aromatic nitrogens is 2. The third kappa shape index (κ3) is 5.19. The van der Waals surface area contributed by atoms with Crippen LogP contribution in [0.15, 0.2) is 67.0 Å². The number of para-hydroxylation sites is 1. The molecule has 2 aromatic carbocycles. The van der Waals surface area contributed by atoms with Crippen LogP contribution in [0.25, 0.3) is 0 Å². The minimum absolute atomic E-state index is 0.621. The first-order valence-corrected chi connectivity index (χ1v) is 7.98. The van der Waals surface area contributed by atoms with Gasteiger partial charge >= 0.3 is 0 Å². The standard InChI is InChI=1S/C19H20N4O2/c1-24-12-11-20-18-13-19(22-14-21-18)23-15-7-9-17(10-8-15)25-16-5-3-2-4-6-16/h2-10,13-14H,11-12H2,1H3,(H2,20,21,22,23). The summed E-state index contributed by atoms with van der Waals surface area (Å²) in [7, 11) is 1.67. The molecular weight excluding hydrogens is 316 g/mol. The molecule has 3 aromatic rings. The Kier molecular flexibility index (Phi) is 5.79. The fraction of sp³-hybridized carbons (Fsp3) is 0.158. The van der Waals surface area contributed by atoms with Crippen LogP contribution in [-0.4, -0.2) is 30.2 Å². The Bertz CT molecular complexity index is 779. The van der Waals surface area contributed by atoms with E-state index in [1.807, 2.05) is 60.7 Å². The van der Waals surface area contributed by atoms with Crippen LogP contribution in [0.3, 0.4) is 0 Å². The molecule has 0 unspecified atom stereocenters. The zero-order valence-corrected chi connectivity index (χ0v) is 14.0. The lowest BCUT2D eigenvalue weighted by Crippen LogP contribution is -2.09. The molecule has 0 atom stereocenters. The quantitative estimate of drug-likeness (QED) is 0.604. The zero-order chi connectivity index (χ0) is 17.3. The predicted molar refractivity (Wildman–Crippen MR) is 98.6 cm³/mol. The molecule has 0 spiro atoms. The molecule has 3 rings (SSSR count).